The molecule has 138 valence electrons. The molecule has 4 aromatic rings. The second-order valence-corrected chi connectivity index (χ2v) is 7.21. The molecule has 4 rings (SSSR count). The third-order valence-corrected chi connectivity index (χ3v) is 5.35. The van der Waals surface area contributed by atoms with E-state index in [2.05, 4.69) is 95.2 Å². The Labute approximate surface area is 170 Å². The third kappa shape index (κ3) is 4.16. The molecule has 0 atom stereocenters. The average molecular weight is 384 g/mol. The van der Waals surface area contributed by atoms with Gasteiger partial charge in [0.1, 0.15) is 0 Å². The van der Waals surface area contributed by atoms with Crippen molar-refractivity contribution < 1.29 is 4.74 Å². The molecule has 0 saturated carbocycles. The van der Waals surface area contributed by atoms with E-state index >= 15 is 0 Å². The zero-order chi connectivity index (χ0) is 19.2. The normalized spacial score (nSPS) is 10.9. The van der Waals surface area contributed by atoms with Gasteiger partial charge in [-0.2, -0.15) is 0 Å². The molecule has 0 N–H and O–H groups in total. The van der Waals surface area contributed by atoms with Gasteiger partial charge in [0.05, 0.1) is 7.11 Å². The second-order valence-electron chi connectivity index (χ2n) is 6.33. The van der Waals surface area contributed by atoms with E-state index in [9.17, 15) is 0 Å². The molecule has 1 heterocycles. The Kier molecular flexibility index (Phi) is 5.55. The van der Waals surface area contributed by atoms with E-state index in [1.807, 2.05) is 18.2 Å². The molecular weight excluding hydrogens is 362 g/mol. The first-order valence-corrected chi connectivity index (χ1v) is 10.0. The van der Waals surface area contributed by atoms with Gasteiger partial charge in [-0.25, -0.2) is 0 Å². The molecule has 1 aromatic heterocycles. The van der Waals surface area contributed by atoms with Crippen LogP contribution in [-0.2, 0) is 0 Å². The van der Waals surface area contributed by atoms with Crippen LogP contribution in [0.3, 0.4) is 0 Å². The fourth-order valence-corrected chi connectivity index (χ4v) is 3.75. The summed E-state index contributed by atoms with van der Waals surface area (Å²) in [5, 5.41) is 3.02. The van der Waals surface area contributed by atoms with Gasteiger partial charge in [0.15, 0.2) is 5.06 Å². The highest BCUT2D eigenvalue weighted by atomic mass is 32.1. The Bertz CT molecular complexity index is 997. The lowest BCUT2D eigenvalue weighted by Crippen LogP contribution is -2.09. The maximum Gasteiger partial charge on any atom is 0.173 e. The molecule has 0 aliphatic rings. The topological polar surface area (TPSA) is 12.5 Å². The van der Waals surface area contributed by atoms with E-state index < -0.39 is 0 Å². The molecule has 0 radical (unpaired) electrons. The van der Waals surface area contributed by atoms with Crippen molar-refractivity contribution in [1.29, 1.82) is 0 Å². The molecule has 28 heavy (non-hydrogen) atoms. The van der Waals surface area contributed by atoms with Crippen LogP contribution in [0.15, 0.2) is 96.4 Å². The predicted octanol–water partition coefficient (Wildman–Crippen LogP) is 7.40. The number of rotatable bonds is 6. The highest BCUT2D eigenvalue weighted by molar-refractivity contribution is 7.12. The number of hydrogen-bond acceptors (Lipinski definition) is 3. The number of hydrogen-bond donors (Lipinski definition) is 0. The van der Waals surface area contributed by atoms with Gasteiger partial charge >= 0.3 is 0 Å². The summed E-state index contributed by atoms with van der Waals surface area (Å²) in [6.07, 6.45) is 4.24. The molecule has 0 amide bonds. The van der Waals surface area contributed by atoms with Crippen molar-refractivity contribution in [3.8, 4) is 5.06 Å². The zero-order valence-electron chi connectivity index (χ0n) is 15.7. The molecule has 0 saturated heterocycles. The van der Waals surface area contributed by atoms with Crippen molar-refractivity contribution >= 4 is 40.6 Å². The highest BCUT2D eigenvalue weighted by Gasteiger charge is 2.11. The number of benzene rings is 3. The molecule has 0 unspecified atom stereocenters. The van der Waals surface area contributed by atoms with Gasteiger partial charge in [0.25, 0.3) is 0 Å². The highest BCUT2D eigenvalue weighted by Crippen LogP contribution is 2.34. The predicted molar refractivity (Wildman–Crippen MR) is 121 cm³/mol. The van der Waals surface area contributed by atoms with Crippen molar-refractivity contribution in [1.82, 2.24) is 0 Å². The SMILES string of the molecule is COc1cc(C=Cc2ccc(N(c3ccccc3)c3ccccc3)cc2)cs1. The van der Waals surface area contributed by atoms with Gasteiger partial charge in [-0.1, -0.05) is 60.7 Å². The Hall–Kier alpha value is -3.30. The van der Waals surface area contributed by atoms with E-state index in [0.717, 1.165) is 33.3 Å². The smallest absolute Gasteiger partial charge is 0.173 e. The van der Waals surface area contributed by atoms with Crippen LogP contribution in [0.5, 0.6) is 5.06 Å². The van der Waals surface area contributed by atoms with Crippen LogP contribution in [0, 0.1) is 0 Å². The van der Waals surface area contributed by atoms with E-state index in [-0.39, 0.29) is 0 Å². The van der Waals surface area contributed by atoms with Crippen molar-refractivity contribution in [3.63, 3.8) is 0 Å². The summed E-state index contributed by atoms with van der Waals surface area (Å²) in [5.41, 5.74) is 5.73. The molecule has 3 aromatic carbocycles. The Morgan fingerprint density at radius 1 is 0.679 bits per heavy atom. The number of para-hydroxylation sites is 2. The van der Waals surface area contributed by atoms with Crippen molar-refractivity contribution in [3.05, 3.63) is 108 Å². The fourth-order valence-electron chi connectivity index (χ4n) is 3.05. The summed E-state index contributed by atoms with van der Waals surface area (Å²) in [5.74, 6) is 0. The minimum absolute atomic E-state index is 0.927. The van der Waals surface area contributed by atoms with Gasteiger partial charge in [-0.15, -0.1) is 11.3 Å². The fraction of sp³-hybridized carbons (Fsp3) is 0.0400. The first-order valence-electron chi connectivity index (χ1n) is 9.14. The van der Waals surface area contributed by atoms with Gasteiger partial charge < -0.3 is 9.64 Å². The van der Waals surface area contributed by atoms with Crippen molar-refractivity contribution in [2.45, 2.75) is 0 Å². The Morgan fingerprint density at radius 3 is 1.75 bits per heavy atom. The lowest BCUT2D eigenvalue weighted by atomic mass is 10.1. The summed E-state index contributed by atoms with van der Waals surface area (Å²) in [6.45, 7) is 0. The van der Waals surface area contributed by atoms with E-state index in [1.54, 1.807) is 18.4 Å². The largest absolute Gasteiger partial charge is 0.487 e. The van der Waals surface area contributed by atoms with Gasteiger partial charge in [-0.3, -0.25) is 0 Å². The van der Waals surface area contributed by atoms with Gasteiger partial charge in [-0.05, 0) is 53.6 Å². The maximum absolute atomic E-state index is 5.25. The van der Waals surface area contributed by atoms with E-state index in [1.165, 1.54) is 0 Å². The first kappa shape index (κ1) is 18.1. The first-order chi connectivity index (χ1) is 13.8. The maximum atomic E-state index is 5.25. The summed E-state index contributed by atoms with van der Waals surface area (Å²) in [6, 6.07) is 31.5. The van der Waals surface area contributed by atoms with Gasteiger partial charge in [0.2, 0.25) is 0 Å². The molecule has 2 nitrogen and oxygen atoms in total. The molecule has 0 spiro atoms. The van der Waals surface area contributed by atoms with Crippen LogP contribution < -0.4 is 9.64 Å². The molecule has 3 heteroatoms. The molecule has 0 bridgehead atoms. The standard InChI is InChI=1S/C25H21NOS/c1-27-25-18-21(19-28-25)13-12-20-14-16-24(17-15-20)26(22-8-4-2-5-9-22)23-10-6-3-7-11-23/h2-19H,1H3. The molecule has 0 aliphatic heterocycles. The van der Waals surface area contributed by atoms with Crippen LogP contribution in [0.2, 0.25) is 0 Å². The third-order valence-electron chi connectivity index (χ3n) is 4.45. The van der Waals surface area contributed by atoms with E-state index in [0.29, 0.717) is 0 Å². The minimum atomic E-state index is 0.927. The van der Waals surface area contributed by atoms with Crippen LogP contribution in [-0.4, -0.2) is 7.11 Å². The Morgan fingerprint density at radius 2 is 1.21 bits per heavy atom. The van der Waals surface area contributed by atoms with Gasteiger partial charge in [0, 0.05) is 22.4 Å². The number of thiophene rings is 1. The second kappa shape index (κ2) is 8.59. The zero-order valence-corrected chi connectivity index (χ0v) is 16.5. The monoisotopic (exact) mass is 383 g/mol. The average Bonchev–Trinajstić information content (AvgIpc) is 3.23. The molecule has 0 aliphatic carbocycles. The number of methoxy groups -OCH3 is 1. The number of nitrogens with zero attached hydrogens (tertiary/aromatic N) is 1. The minimum Gasteiger partial charge on any atom is -0.487 e. The Balaban J connectivity index is 1.61. The quantitative estimate of drug-likeness (QED) is 0.344. The molecular formula is C25H21NOS. The summed E-state index contributed by atoms with van der Waals surface area (Å²) >= 11 is 1.61. The lowest BCUT2D eigenvalue weighted by molar-refractivity contribution is 0.427. The molecule has 0 fully saturated rings. The lowest BCUT2D eigenvalue weighted by Gasteiger charge is -2.25. The number of ether oxygens (including phenoxy) is 1. The van der Waals surface area contributed by atoms with E-state index in [4.69, 9.17) is 4.74 Å². The summed E-state index contributed by atoms with van der Waals surface area (Å²) in [7, 11) is 1.70. The van der Waals surface area contributed by atoms with Crippen LogP contribution in [0.1, 0.15) is 11.1 Å². The summed E-state index contributed by atoms with van der Waals surface area (Å²) < 4.78 is 5.25. The number of anilines is 3. The summed E-state index contributed by atoms with van der Waals surface area (Å²) in [4.78, 5) is 2.26. The van der Waals surface area contributed by atoms with Crippen molar-refractivity contribution in [2.24, 2.45) is 0 Å². The van der Waals surface area contributed by atoms with Crippen LogP contribution >= 0.6 is 11.3 Å². The van der Waals surface area contributed by atoms with Crippen molar-refractivity contribution in [2.75, 3.05) is 12.0 Å². The van der Waals surface area contributed by atoms with Crippen LogP contribution in [0.4, 0.5) is 17.1 Å². The van der Waals surface area contributed by atoms with Crippen LogP contribution in [0.25, 0.3) is 12.2 Å².